The first kappa shape index (κ1) is 27.8. The van der Waals surface area contributed by atoms with Crippen molar-refractivity contribution in [3.8, 4) is 22.4 Å². The number of H-pyrrole nitrogens is 1. The number of nitrogens with zero attached hydrogens (tertiary/aromatic N) is 7. The summed E-state index contributed by atoms with van der Waals surface area (Å²) in [6.45, 7) is 0. The Morgan fingerprint density at radius 2 is 1.74 bits per heavy atom. The van der Waals surface area contributed by atoms with E-state index in [1.165, 1.54) is 10.8 Å². The predicted molar refractivity (Wildman–Crippen MR) is 158 cm³/mol. The highest BCUT2D eigenvalue weighted by molar-refractivity contribution is 7.91. The number of sulfone groups is 1. The Morgan fingerprint density at radius 1 is 1.00 bits per heavy atom. The molecule has 6 heterocycles. The van der Waals surface area contributed by atoms with Gasteiger partial charge in [0.05, 0.1) is 17.6 Å². The zero-order valence-corrected chi connectivity index (χ0v) is 24.2. The van der Waals surface area contributed by atoms with Gasteiger partial charge in [-0.3, -0.25) is 14.9 Å². The van der Waals surface area contributed by atoms with Crippen LogP contribution in [-0.2, 0) is 9.84 Å². The van der Waals surface area contributed by atoms with E-state index in [1.54, 1.807) is 12.4 Å². The van der Waals surface area contributed by atoms with Crippen LogP contribution in [0.5, 0.6) is 0 Å². The minimum atomic E-state index is -3.74. The number of aromatic nitrogens is 7. The Hall–Kier alpha value is -4.36. The van der Waals surface area contributed by atoms with Crippen molar-refractivity contribution in [1.82, 2.24) is 39.7 Å². The molecule has 1 aromatic carbocycles. The lowest BCUT2D eigenvalue weighted by atomic mass is 9.87. The predicted octanol–water partition coefficient (Wildman–Crippen LogP) is 3.53. The van der Waals surface area contributed by atoms with Gasteiger partial charge in [-0.25, -0.2) is 18.4 Å². The molecule has 12 nitrogen and oxygen atoms in total. The number of hydrogen-bond donors (Lipinski definition) is 2. The first-order valence-electron chi connectivity index (χ1n) is 13.4. The number of pyridine rings is 1. The summed E-state index contributed by atoms with van der Waals surface area (Å²) >= 11 is 0. The fourth-order valence-electron chi connectivity index (χ4n) is 6.37. The van der Waals surface area contributed by atoms with Crippen LogP contribution in [0.25, 0.3) is 28.0 Å². The van der Waals surface area contributed by atoms with E-state index in [0.717, 1.165) is 35.9 Å². The van der Waals surface area contributed by atoms with Crippen LogP contribution in [0.1, 0.15) is 47.9 Å². The Labute approximate surface area is 247 Å². The molecule has 5 aromatic rings. The maximum atomic E-state index is 13.1. The number of carbonyl (C=O) groups is 1. The number of nitrogens with one attached hydrogen (secondary N) is 1. The van der Waals surface area contributed by atoms with Crippen LogP contribution in [0.4, 0.5) is 5.82 Å². The van der Waals surface area contributed by atoms with Crippen molar-refractivity contribution in [1.29, 1.82) is 0 Å². The average molecular weight is 606 g/mol. The number of aromatic amines is 1. The number of fused-ring (bicyclic) bond motifs is 3. The molecular formula is C28H28ClN9O3S. The van der Waals surface area contributed by atoms with Gasteiger partial charge in [-0.2, -0.15) is 9.61 Å². The molecular weight excluding hydrogens is 578 g/mol. The zero-order valence-electron chi connectivity index (χ0n) is 22.6. The standard InChI is InChI=1S/C28H27N9O3S.ClH/c1-41(39,40)24-23(18-11-19-8-9-20(12-18)36(19)28(38)26-31-15-32-35-26)34-27-21(14-33-37(27)25(24)29)17-7-10-22(30-13-17)16-5-3-2-4-6-16;/h2-7,10,13-15,18-20H,8-9,11-12,29H2,1H3,(H,31,32,35);1H/t18-,19+,20-;. The van der Waals surface area contributed by atoms with Gasteiger partial charge in [-0.05, 0) is 31.7 Å². The summed E-state index contributed by atoms with van der Waals surface area (Å²) in [5.74, 6) is -0.258. The van der Waals surface area contributed by atoms with Gasteiger partial charge in [-0.1, -0.05) is 36.4 Å². The second-order valence-corrected chi connectivity index (χ2v) is 12.6. The zero-order chi connectivity index (χ0) is 28.3. The summed E-state index contributed by atoms with van der Waals surface area (Å²) in [7, 11) is -3.74. The number of halogens is 1. The quantitative estimate of drug-likeness (QED) is 0.305. The van der Waals surface area contributed by atoms with Gasteiger partial charge < -0.3 is 10.6 Å². The molecule has 42 heavy (non-hydrogen) atoms. The van der Waals surface area contributed by atoms with Gasteiger partial charge in [0, 0.05) is 47.1 Å². The third-order valence-corrected chi connectivity index (χ3v) is 9.30. The van der Waals surface area contributed by atoms with E-state index in [9.17, 15) is 13.2 Å². The molecule has 216 valence electrons. The van der Waals surface area contributed by atoms with Crippen molar-refractivity contribution < 1.29 is 13.2 Å². The molecule has 3 N–H and O–H groups in total. The summed E-state index contributed by atoms with van der Waals surface area (Å²) in [5, 5.41) is 11.0. The SMILES string of the molecule is CS(=O)(=O)c1c([C@H]2C[C@H]3CC[C@@H](C2)N3C(=O)c2nc[nH]n2)nc2c(-c3ccc(-c4ccccc4)nc3)cnn2c1N.Cl. The van der Waals surface area contributed by atoms with Crippen molar-refractivity contribution in [2.45, 2.75) is 48.6 Å². The highest BCUT2D eigenvalue weighted by Crippen LogP contribution is 2.45. The monoisotopic (exact) mass is 605 g/mol. The molecule has 3 atom stereocenters. The lowest BCUT2D eigenvalue weighted by Gasteiger charge is -2.38. The number of nitrogens with two attached hydrogens (primary N) is 1. The number of rotatable bonds is 5. The molecule has 0 unspecified atom stereocenters. The molecule has 0 aliphatic carbocycles. The molecule has 2 saturated heterocycles. The van der Waals surface area contributed by atoms with Gasteiger partial charge in [0.1, 0.15) is 17.0 Å². The molecule has 2 aliphatic heterocycles. The Bertz CT molecular complexity index is 1860. The third kappa shape index (κ3) is 4.58. The summed E-state index contributed by atoms with van der Waals surface area (Å²) in [6, 6.07) is 13.6. The summed E-state index contributed by atoms with van der Waals surface area (Å²) in [4.78, 5) is 28.6. The molecule has 7 rings (SSSR count). The number of anilines is 1. The summed E-state index contributed by atoms with van der Waals surface area (Å²) in [5.41, 5.74) is 10.7. The maximum absolute atomic E-state index is 13.1. The van der Waals surface area contributed by atoms with Crippen LogP contribution in [0.15, 0.2) is 66.1 Å². The van der Waals surface area contributed by atoms with Crippen LogP contribution >= 0.6 is 12.4 Å². The van der Waals surface area contributed by atoms with Crippen LogP contribution < -0.4 is 5.73 Å². The van der Waals surface area contributed by atoms with Crippen LogP contribution in [0.3, 0.4) is 0 Å². The largest absolute Gasteiger partial charge is 0.382 e. The molecule has 0 saturated carbocycles. The van der Waals surface area contributed by atoms with E-state index >= 15 is 0 Å². The molecule has 2 aliphatic rings. The van der Waals surface area contributed by atoms with Gasteiger partial charge >= 0.3 is 0 Å². The number of benzene rings is 1. The molecule has 1 amide bonds. The second kappa shape index (κ2) is 10.5. The van der Waals surface area contributed by atoms with Crippen molar-refractivity contribution in [2.75, 3.05) is 12.0 Å². The van der Waals surface area contributed by atoms with Crippen molar-refractivity contribution >= 4 is 39.6 Å². The topological polar surface area (TPSA) is 165 Å². The number of hydrogen-bond acceptors (Lipinski definition) is 9. The molecule has 0 radical (unpaired) electrons. The fraction of sp³-hybridized carbons (Fsp3) is 0.286. The molecule has 2 fully saturated rings. The Morgan fingerprint density at radius 3 is 2.36 bits per heavy atom. The first-order valence-corrected chi connectivity index (χ1v) is 15.3. The highest BCUT2D eigenvalue weighted by Gasteiger charge is 2.46. The Kier molecular flexibility index (Phi) is 6.93. The van der Waals surface area contributed by atoms with E-state index in [4.69, 9.17) is 10.7 Å². The molecule has 14 heteroatoms. The first-order chi connectivity index (χ1) is 19.8. The third-order valence-electron chi connectivity index (χ3n) is 8.14. The molecule has 2 bridgehead atoms. The van der Waals surface area contributed by atoms with Gasteiger partial charge in [-0.15, -0.1) is 17.5 Å². The number of carbonyl (C=O) groups excluding carboxylic acids is 1. The van der Waals surface area contributed by atoms with E-state index in [-0.39, 0.29) is 52.9 Å². The van der Waals surface area contributed by atoms with E-state index < -0.39 is 9.84 Å². The smallest absolute Gasteiger partial charge is 0.294 e. The van der Waals surface area contributed by atoms with Gasteiger partial charge in [0.2, 0.25) is 5.82 Å². The molecule has 4 aromatic heterocycles. The summed E-state index contributed by atoms with van der Waals surface area (Å²) in [6.07, 6.45) is 8.69. The van der Waals surface area contributed by atoms with Gasteiger partial charge in [0.15, 0.2) is 15.5 Å². The van der Waals surface area contributed by atoms with E-state index in [2.05, 4.69) is 25.3 Å². The van der Waals surface area contributed by atoms with E-state index in [0.29, 0.717) is 29.7 Å². The lowest BCUT2D eigenvalue weighted by Crippen LogP contribution is -2.46. The van der Waals surface area contributed by atoms with Crippen LogP contribution in [-0.4, -0.2) is 72.3 Å². The second-order valence-electron chi connectivity index (χ2n) is 10.7. The number of amides is 1. The maximum Gasteiger partial charge on any atom is 0.294 e. The lowest BCUT2D eigenvalue weighted by molar-refractivity contribution is 0.0556. The fourth-order valence-corrected chi connectivity index (χ4v) is 7.43. The summed E-state index contributed by atoms with van der Waals surface area (Å²) < 4.78 is 27.5. The van der Waals surface area contributed by atoms with Crippen LogP contribution in [0.2, 0.25) is 0 Å². The van der Waals surface area contributed by atoms with Crippen molar-refractivity contribution in [3.05, 3.63) is 72.7 Å². The number of nitrogen functional groups attached to an aromatic ring is 1. The molecule has 0 spiro atoms. The number of piperidine rings is 1. The Balaban J connectivity index is 0.00000316. The average Bonchev–Trinajstić information content (AvgIpc) is 3.71. The normalized spacial score (nSPS) is 20.0. The highest BCUT2D eigenvalue weighted by atomic mass is 35.5. The van der Waals surface area contributed by atoms with Crippen molar-refractivity contribution in [2.24, 2.45) is 0 Å². The minimum absolute atomic E-state index is 0. The van der Waals surface area contributed by atoms with E-state index in [1.807, 2.05) is 47.4 Å². The minimum Gasteiger partial charge on any atom is -0.382 e. The van der Waals surface area contributed by atoms with Gasteiger partial charge in [0.25, 0.3) is 5.91 Å². The van der Waals surface area contributed by atoms with Crippen molar-refractivity contribution in [3.63, 3.8) is 0 Å². The van der Waals surface area contributed by atoms with Crippen LogP contribution in [0, 0.1) is 0 Å².